The van der Waals surface area contributed by atoms with Gasteiger partial charge in [0.25, 0.3) is 0 Å². The lowest BCUT2D eigenvalue weighted by Crippen LogP contribution is -2.31. The fraction of sp³-hybridized carbons (Fsp3) is 0.833. The van der Waals surface area contributed by atoms with Gasteiger partial charge in [0.05, 0.1) is 0 Å². The van der Waals surface area contributed by atoms with Crippen molar-refractivity contribution in [2.24, 2.45) is 5.73 Å². The van der Waals surface area contributed by atoms with Crippen molar-refractivity contribution in [1.82, 2.24) is 5.54 Å². The molecule has 1 atom stereocenters. The maximum Gasteiger partial charge on any atom is 0.323 e. The highest BCUT2D eigenvalue weighted by Crippen LogP contribution is 2.00. The van der Waals surface area contributed by atoms with E-state index in [1.165, 1.54) is 5.54 Å². The van der Waals surface area contributed by atoms with Crippen molar-refractivity contribution in [3.63, 3.8) is 0 Å². The molecular formula is C6H13FN2O2. The predicted molar refractivity (Wildman–Crippen MR) is 38.6 cm³/mol. The Kier molecular flexibility index (Phi) is 5.68. The van der Waals surface area contributed by atoms with Crippen LogP contribution in [0.5, 0.6) is 0 Å². The van der Waals surface area contributed by atoms with Gasteiger partial charge in [0.2, 0.25) is 0 Å². The largest absolute Gasteiger partial charge is 0.480 e. The maximum atomic E-state index is 11.7. The Bertz CT molecular complexity index is 121. The van der Waals surface area contributed by atoms with E-state index in [9.17, 15) is 9.28 Å². The lowest BCUT2D eigenvalue weighted by atomic mass is 10.1. The van der Waals surface area contributed by atoms with Crippen molar-refractivity contribution in [3.05, 3.63) is 0 Å². The number of rotatable bonds is 6. The fourth-order valence-corrected chi connectivity index (χ4v) is 0.717. The summed E-state index contributed by atoms with van der Waals surface area (Å²) in [6.07, 6.45) is 1.64. The second-order valence-electron chi connectivity index (χ2n) is 2.28. The van der Waals surface area contributed by atoms with Crippen LogP contribution < -0.4 is 11.3 Å². The molecule has 0 aromatic rings. The molecule has 11 heavy (non-hydrogen) atoms. The monoisotopic (exact) mass is 164 g/mol. The summed E-state index contributed by atoms with van der Waals surface area (Å²) in [6, 6.07) is -1.08. The summed E-state index contributed by atoms with van der Waals surface area (Å²) in [5.41, 5.74) is 6.39. The summed E-state index contributed by atoms with van der Waals surface area (Å²) in [5, 5.41) is 8.34. The van der Waals surface area contributed by atoms with Crippen LogP contribution in [0, 0.1) is 0 Å². The highest BCUT2D eigenvalue weighted by molar-refractivity contribution is 5.73. The number of hydrogen-bond acceptors (Lipinski definition) is 3. The molecule has 66 valence electrons. The number of nitrogens with one attached hydrogen (secondary N) is 1. The molecule has 0 saturated carbocycles. The van der Waals surface area contributed by atoms with Crippen LogP contribution in [0.3, 0.4) is 0 Å². The van der Waals surface area contributed by atoms with Crippen LogP contribution in [0.25, 0.3) is 0 Å². The van der Waals surface area contributed by atoms with Crippen molar-refractivity contribution in [2.75, 3.05) is 6.54 Å². The highest BCUT2D eigenvalue weighted by Gasteiger charge is 2.15. The van der Waals surface area contributed by atoms with Crippen LogP contribution in [-0.4, -0.2) is 23.7 Å². The first-order valence-electron chi connectivity index (χ1n) is 3.51. The van der Waals surface area contributed by atoms with Crippen LogP contribution >= 0.6 is 0 Å². The predicted octanol–water partition coefficient (Wildman–Crippen LogP) is 0.0427. The van der Waals surface area contributed by atoms with Gasteiger partial charge in [-0.1, -0.05) is 0 Å². The Morgan fingerprint density at radius 1 is 1.64 bits per heavy atom. The highest BCUT2D eigenvalue weighted by atomic mass is 19.2. The fourth-order valence-electron chi connectivity index (χ4n) is 0.717. The van der Waals surface area contributed by atoms with Gasteiger partial charge in [0, 0.05) is 0 Å². The van der Waals surface area contributed by atoms with Gasteiger partial charge in [0.1, 0.15) is 6.04 Å². The summed E-state index contributed by atoms with van der Waals surface area (Å²) >= 11 is 0. The van der Waals surface area contributed by atoms with E-state index >= 15 is 0 Å². The molecule has 0 aliphatic carbocycles. The average Bonchev–Trinajstić information content (AvgIpc) is 1.97. The van der Waals surface area contributed by atoms with E-state index < -0.39 is 12.0 Å². The van der Waals surface area contributed by atoms with E-state index in [2.05, 4.69) is 0 Å². The van der Waals surface area contributed by atoms with Crippen molar-refractivity contribution < 1.29 is 14.4 Å². The van der Waals surface area contributed by atoms with Gasteiger partial charge in [-0.25, -0.2) is 0 Å². The molecule has 4 N–H and O–H groups in total. The van der Waals surface area contributed by atoms with Crippen molar-refractivity contribution in [1.29, 1.82) is 0 Å². The van der Waals surface area contributed by atoms with E-state index in [0.29, 0.717) is 13.0 Å². The minimum atomic E-state index is -1.16. The van der Waals surface area contributed by atoms with Crippen LogP contribution in [0.4, 0.5) is 4.48 Å². The number of carboxylic acids is 1. The first-order chi connectivity index (χ1) is 5.22. The third kappa shape index (κ3) is 4.69. The lowest BCUT2D eigenvalue weighted by Gasteiger charge is -2.06. The van der Waals surface area contributed by atoms with Crippen LogP contribution in [-0.2, 0) is 4.79 Å². The van der Waals surface area contributed by atoms with Crippen molar-refractivity contribution in [3.8, 4) is 0 Å². The van der Waals surface area contributed by atoms with E-state index in [-0.39, 0.29) is 6.42 Å². The molecule has 0 rings (SSSR count). The molecule has 0 bridgehead atoms. The molecule has 0 fully saturated rings. The van der Waals surface area contributed by atoms with Crippen LogP contribution in [0.15, 0.2) is 0 Å². The van der Waals surface area contributed by atoms with Gasteiger partial charge >= 0.3 is 5.97 Å². The summed E-state index contributed by atoms with van der Waals surface area (Å²) < 4.78 is 11.7. The molecule has 0 spiro atoms. The summed E-state index contributed by atoms with van der Waals surface area (Å²) in [7, 11) is 0. The summed E-state index contributed by atoms with van der Waals surface area (Å²) in [4.78, 5) is 10.2. The molecule has 5 heteroatoms. The Labute approximate surface area is 64.5 Å². The van der Waals surface area contributed by atoms with Gasteiger partial charge in [-0.15, -0.1) is 10.0 Å². The van der Waals surface area contributed by atoms with Crippen molar-refractivity contribution >= 4 is 5.97 Å². The molecule has 0 amide bonds. The smallest absolute Gasteiger partial charge is 0.323 e. The number of carboxylic acid groups (broad SMARTS) is 1. The zero-order valence-electron chi connectivity index (χ0n) is 6.22. The van der Waals surface area contributed by atoms with E-state index in [0.717, 1.165) is 6.42 Å². The van der Waals surface area contributed by atoms with E-state index in [1.807, 2.05) is 0 Å². The van der Waals surface area contributed by atoms with Crippen LogP contribution in [0.2, 0.25) is 0 Å². The zero-order valence-corrected chi connectivity index (χ0v) is 6.22. The summed E-state index contributed by atoms with van der Waals surface area (Å²) in [6.45, 7) is 0.513. The topological polar surface area (TPSA) is 75.3 Å². The standard InChI is InChI=1S/C6H13FN2O2/c7-9-5(6(10)11)3-1-2-4-8/h5,9H,1-4,8H2,(H,10,11)/t5-/m1/s1. The second kappa shape index (κ2) is 6.06. The molecule has 0 aliphatic heterocycles. The Hall–Kier alpha value is -0.680. The molecule has 0 radical (unpaired) electrons. The molecule has 0 saturated heterocycles. The lowest BCUT2D eigenvalue weighted by molar-refractivity contribution is -0.141. The molecule has 0 heterocycles. The molecule has 0 aromatic carbocycles. The number of hydrogen-bond donors (Lipinski definition) is 3. The van der Waals surface area contributed by atoms with Gasteiger partial charge in [-0.3, -0.25) is 4.79 Å². The average molecular weight is 164 g/mol. The molecule has 4 nitrogen and oxygen atoms in total. The maximum absolute atomic E-state index is 11.7. The van der Waals surface area contributed by atoms with Gasteiger partial charge < -0.3 is 10.8 Å². The molecule has 0 aliphatic rings. The Morgan fingerprint density at radius 2 is 2.27 bits per heavy atom. The van der Waals surface area contributed by atoms with Gasteiger partial charge in [-0.2, -0.15) is 0 Å². The quantitative estimate of drug-likeness (QED) is 0.383. The van der Waals surface area contributed by atoms with E-state index in [1.54, 1.807) is 0 Å². The number of carbonyl (C=O) groups is 1. The minimum Gasteiger partial charge on any atom is -0.480 e. The molecular weight excluding hydrogens is 151 g/mol. The molecule has 0 aromatic heterocycles. The minimum absolute atomic E-state index is 0.281. The Balaban J connectivity index is 3.44. The third-order valence-corrected chi connectivity index (χ3v) is 1.38. The van der Waals surface area contributed by atoms with Crippen molar-refractivity contribution in [2.45, 2.75) is 25.3 Å². The first kappa shape index (κ1) is 10.3. The third-order valence-electron chi connectivity index (χ3n) is 1.38. The SMILES string of the molecule is NCCCC[C@@H](NF)C(=O)O. The van der Waals surface area contributed by atoms with E-state index in [4.69, 9.17) is 10.8 Å². The number of unbranched alkanes of at least 4 members (excludes halogenated alkanes) is 1. The number of nitrogens with two attached hydrogens (primary N) is 1. The van der Waals surface area contributed by atoms with Gasteiger partial charge in [0.15, 0.2) is 0 Å². The van der Waals surface area contributed by atoms with Gasteiger partial charge in [-0.05, 0) is 25.8 Å². The second-order valence-corrected chi connectivity index (χ2v) is 2.28. The number of aliphatic carboxylic acids is 1. The summed E-state index contributed by atoms with van der Waals surface area (Å²) in [5.74, 6) is -1.16. The number of halogens is 1. The normalized spacial score (nSPS) is 12.9. The Morgan fingerprint density at radius 3 is 2.64 bits per heavy atom. The van der Waals surface area contributed by atoms with Crippen LogP contribution in [0.1, 0.15) is 19.3 Å². The zero-order chi connectivity index (χ0) is 8.69. The molecule has 0 unspecified atom stereocenters. The first-order valence-corrected chi connectivity index (χ1v) is 3.51.